The lowest BCUT2D eigenvalue weighted by Gasteiger charge is -2.29. The zero-order chi connectivity index (χ0) is 20.5. The van der Waals surface area contributed by atoms with Crippen molar-refractivity contribution in [2.45, 2.75) is 24.9 Å². The van der Waals surface area contributed by atoms with Crippen LogP contribution in [0.15, 0.2) is 91.0 Å². The molecule has 5 heteroatoms. The van der Waals surface area contributed by atoms with Gasteiger partial charge in [-0.05, 0) is 36.1 Å². The van der Waals surface area contributed by atoms with E-state index < -0.39 is 16.1 Å². The second-order valence-corrected chi connectivity index (χ2v) is 8.99. The molecule has 0 saturated carbocycles. The molecule has 0 heterocycles. The quantitative estimate of drug-likeness (QED) is 0.493. The minimum Gasteiger partial charge on any atom is -0.308 e. The van der Waals surface area contributed by atoms with Crippen molar-refractivity contribution in [1.82, 2.24) is 10.0 Å². The molecule has 0 saturated heterocycles. The van der Waals surface area contributed by atoms with Crippen LogP contribution in [0.4, 0.5) is 0 Å². The van der Waals surface area contributed by atoms with Crippen molar-refractivity contribution in [2.24, 2.45) is 0 Å². The highest BCUT2D eigenvalue weighted by Gasteiger charge is 2.27. The first-order chi connectivity index (χ1) is 14.0. The van der Waals surface area contributed by atoms with E-state index in [9.17, 15) is 8.42 Å². The molecule has 0 radical (unpaired) electrons. The van der Waals surface area contributed by atoms with E-state index in [1.54, 1.807) is 0 Å². The van der Waals surface area contributed by atoms with Crippen molar-refractivity contribution in [3.8, 4) is 0 Å². The normalized spacial score (nSPS) is 13.7. The smallest absolute Gasteiger partial charge is 0.209 e. The van der Waals surface area contributed by atoms with Crippen LogP contribution in [0.2, 0.25) is 0 Å². The first-order valence-electron chi connectivity index (χ1n) is 9.87. The van der Waals surface area contributed by atoms with Gasteiger partial charge in [-0.2, -0.15) is 0 Å². The molecule has 152 valence electrons. The summed E-state index contributed by atoms with van der Waals surface area (Å²) in [6, 6.07) is 29.6. The molecule has 0 aliphatic heterocycles. The van der Waals surface area contributed by atoms with Crippen molar-refractivity contribution < 1.29 is 8.42 Å². The summed E-state index contributed by atoms with van der Waals surface area (Å²) in [6.07, 6.45) is 3.15. The number of aryl methyl sites for hydroxylation is 1. The monoisotopic (exact) mass is 408 g/mol. The van der Waals surface area contributed by atoms with Crippen molar-refractivity contribution in [1.29, 1.82) is 0 Å². The van der Waals surface area contributed by atoms with Gasteiger partial charge < -0.3 is 5.32 Å². The molecule has 1 unspecified atom stereocenters. The second-order valence-electron chi connectivity index (χ2n) is 7.21. The number of rotatable bonds is 10. The average molecular weight is 409 g/mol. The van der Waals surface area contributed by atoms with E-state index in [1.807, 2.05) is 66.7 Å². The zero-order valence-corrected chi connectivity index (χ0v) is 17.5. The largest absolute Gasteiger partial charge is 0.308 e. The third-order valence-corrected chi connectivity index (χ3v) is 5.52. The van der Waals surface area contributed by atoms with Crippen LogP contribution in [0.3, 0.4) is 0 Å². The highest BCUT2D eigenvalue weighted by atomic mass is 32.2. The molecular formula is C24H28N2O2S. The van der Waals surface area contributed by atoms with E-state index >= 15 is 0 Å². The summed E-state index contributed by atoms with van der Waals surface area (Å²) in [7, 11) is -3.39. The van der Waals surface area contributed by atoms with Crippen LogP contribution in [0.1, 0.15) is 35.2 Å². The van der Waals surface area contributed by atoms with Gasteiger partial charge in [-0.15, -0.1) is 0 Å². The predicted molar refractivity (Wildman–Crippen MR) is 119 cm³/mol. The van der Waals surface area contributed by atoms with E-state index in [-0.39, 0.29) is 6.04 Å². The Kier molecular flexibility index (Phi) is 7.58. The number of hydrogen-bond donors (Lipinski definition) is 2. The van der Waals surface area contributed by atoms with Crippen LogP contribution in [-0.2, 0) is 16.4 Å². The summed E-state index contributed by atoms with van der Waals surface area (Å²) in [6.45, 7) is 0.781. The highest BCUT2D eigenvalue weighted by molar-refractivity contribution is 7.88. The Morgan fingerprint density at radius 3 is 1.72 bits per heavy atom. The fourth-order valence-electron chi connectivity index (χ4n) is 3.50. The van der Waals surface area contributed by atoms with Gasteiger partial charge in [0.25, 0.3) is 0 Å². The number of hydrogen-bond acceptors (Lipinski definition) is 3. The second kappa shape index (κ2) is 10.3. The Morgan fingerprint density at radius 1 is 0.724 bits per heavy atom. The Bertz CT molecular complexity index is 962. The minimum absolute atomic E-state index is 0.177. The molecule has 3 rings (SSSR count). The molecule has 0 spiro atoms. The molecule has 29 heavy (non-hydrogen) atoms. The van der Waals surface area contributed by atoms with Gasteiger partial charge in [-0.3, -0.25) is 0 Å². The van der Waals surface area contributed by atoms with E-state index in [0.717, 1.165) is 30.5 Å². The van der Waals surface area contributed by atoms with E-state index in [2.05, 4.69) is 34.3 Å². The van der Waals surface area contributed by atoms with Crippen LogP contribution < -0.4 is 10.0 Å². The third kappa shape index (κ3) is 6.82. The van der Waals surface area contributed by atoms with Gasteiger partial charge in [0.15, 0.2) is 0 Å². The van der Waals surface area contributed by atoms with Gasteiger partial charge in [-0.25, -0.2) is 13.1 Å². The molecular weight excluding hydrogens is 380 g/mol. The Labute approximate surface area is 174 Å². The van der Waals surface area contributed by atoms with Gasteiger partial charge in [0, 0.05) is 0 Å². The Hall–Kier alpha value is -2.47. The van der Waals surface area contributed by atoms with Crippen LogP contribution in [0, 0.1) is 0 Å². The molecule has 0 amide bonds. The van der Waals surface area contributed by atoms with Crippen LogP contribution in [0.25, 0.3) is 0 Å². The molecule has 0 aliphatic rings. The average Bonchev–Trinajstić information content (AvgIpc) is 2.74. The zero-order valence-electron chi connectivity index (χ0n) is 16.7. The molecule has 3 aromatic carbocycles. The fraction of sp³-hybridized carbons (Fsp3) is 0.250. The molecule has 2 N–H and O–H groups in total. The van der Waals surface area contributed by atoms with Crippen molar-refractivity contribution >= 4 is 10.0 Å². The molecule has 0 aromatic heterocycles. The number of benzene rings is 3. The van der Waals surface area contributed by atoms with Crippen LogP contribution in [0.5, 0.6) is 0 Å². The summed E-state index contributed by atoms with van der Waals surface area (Å²) in [5.74, 6) is 0. The predicted octanol–water partition coefficient (Wildman–Crippen LogP) is 4.24. The summed E-state index contributed by atoms with van der Waals surface area (Å²) in [5, 5.41) is 3.60. The first kappa shape index (κ1) is 21.2. The van der Waals surface area contributed by atoms with Gasteiger partial charge in [0.2, 0.25) is 10.0 Å². The van der Waals surface area contributed by atoms with E-state index in [0.29, 0.717) is 0 Å². The minimum atomic E-state index is -3.39. The number of nitrogens with one attached hydrogen (secondary N) is 2. The third-order valence-electron chi connectivity index (χ3n) is 4.84. The maximum atomic E-state index is 12.1. The lowest BCUT2D eigenvalue weighted by molar-refractivity contribution is 0.421. The van der Waals surface area contributed by atoms with Crippen LogP contribution >= 0.6 is 0 Å². The Morgan fingerprint density at radius 2 is 1.21 bits per heavy atom. The van der Waals surface area contributed by atoms with E-state index in [1.165, 1.54) is 11.8 Å². The summed E-state index contributed by atoms with van der Waals surface area (Å²) < 4.78 is 27.1. The first-order valence-corrected chi connectivity index (χ1v) is 11.8. The molecule has 0 bridgehead atoms. The summed E-state index contributed by atoms with van der Waals surface area (Å²) in [5.41, 5.74) is 3.29. The highest BCUT2D eigenvalue weighted by Crippen LogP contribution is 2.29. The van der Waals surface area contributed by atoms with Gasteiger partial charge in [0.1, 0.15) is 0 Å². The molecule has 0 aliphatic carbocycles. The topological polar surface area (TPSA) is 58.2 Å². The van der Waals surface area contributed by atoms with Crippen molar-refractivity contribution in [3.63, 3.8) is 0 Å². The lowest BCUT2D eigenvalue weighted by Crippen LogP contribution is -2.38. The maximum absolute atomic E-state index is 12.1. The standard InChI is InChI=1S/C24H28N2O2S/c1-29(27,28)26-24(22-17-9-4-10-18-22)23(21-15-7-3-8-16-21)25-19-11-14-20-12-5-2-6-13-20/h2-10,12-13,15-18,23-26H,11,14,19H2,1H3/t23?,24-/m1/s1. The van der Waals surface area contributed by atoms with Gasteiger partial charge >= 0.3 is 0 Å². The Balaban J connectivity index is 1.80. The summed E-state index contributed by atoms with van der Waals surface area (Å²) in [4.78, 5) is 0. The van der Waals surface area contributed by atoms with Crippen molar-refractivity contribution in [3.05, 3.63) is 108 Å². The molecule has 2 atom stereocenters. The number of sulfonamides is 1. The van der Waals surface area contributed by atoms with Crippen LogP contribution in [-0.4, -0.2) is 21.2 Å². The molecule has 0 fully saturated rings. The lowest BCUT2D eigenvalue weighted by atomic mass is 9.94. The van der Waals surface area contributed by atoms with Gasteiger partial charge in [-0.1, -0.05) is 91.0 Å². The summed E-state index contributed by atoms with van der Waals surface area (Å²) >= 11 is 0. The maximum Gasteiger partial charge on any atom is 0.209 e. The van der Waals surface area contributed by atoms with Crippen molar-refractivity contribution in [2.75, 3.05) is 12.8 Å². The fourth-order valence-corrected chi connectivity index (χ4v) is 4.24. The SMILES string of the molecule is CS(=O)(=O)N[C@H](c1ccccc1)C(NCCCc1ccccc1)c1ccccc1. The van der Waals surface area contributed by atoms with E-state index in [4.69, 9.17) is 0 Å². The molecule has 4 nitrogen and oxygen atoms in total. The molecule has 3 aromatic rings. The van der Waals surface area contributed by atoms with Gasteiger partial charge in [0.05, 0.1) is 18.3 Å².